The number of hydrogen-bond acceptors (Lipinski definition) is 2. The van der Waals surface area contributed by atoms with Gasteiger partial charge in [-0.05, 0) is 24.1 Å². The predicted octanol–water partition coefficient (Wildman–Crippen LogP) is 2.37. The number of hydrogen-bond donors (Lipinski definition) is 2. The molecule has 1 aromatic rings. The highest BCUT2D eigenvalue weighted by Gasteiger charge is 2.10. The van der Waals surface area contributed by atoms with E-state index in [1.807, 2.05) is 37.3 Å². The standard InChI is InChI=1S/C13H16N2O/c1-2-5-13(16)15-11-8-10-6-3-4-7-12(10)14-9-11/h3-4,6-8,14H,2,5,9H2,1H3,(H,15,16). The van der Waals surface area contributed by atoms with Crippen LogP contribution in [0.25, 0.3) is 6.08 Å². The van der Waals surface area contributed by atoms with Crippen LogP contribution in [0.4, 0.5) is 5.69 Å². The molecule has 1 amide bonds. The van der Waals surface area contributed by atoms with Gasteiger partial charge in [-0.15, -0.1) is 0 Å². The Morgan fingerprint density at radius 2 is 2.25 bits per heavy atom. The molecular weight excluding hydrogens is 200 g/mol. The Kier molecular flexibility index (Phi) is 3.25. The number of para-hydroxylation sites is 1. The topological polar surface area (TPSA) is 41.1 Å². The van der Waals surface area contributed by atoms with E-state index in [1.54, 1.807) is 0 Å². The SMILES string of the molecule is CCCC(=O)NC1=Cc2ccccc2NC1. The van der Waals surface area contributed by atoms with E-state index in [1.165, 1.54) is 0 Å². The van der Waals surface area contributed by atoms with E-state index in [-0.39, 0.29) is 5.91 Å². The molecule has 0 aliphatic carbocycles. The second-order valence-electron chi connectivity index (χ2n) is 3.91. The normalized spacial score (nSPS) is 13.4. The summed E-state index contributed by atoms with van der Waals surface area (Å²) in [5.41, 5.74) is 3.19. The van der Waals surface area contributed by atoms with E-state index in [9.17, 15) is 4.79 Å². The van der Waals surface area contributed by atoms with Gasteiger partial charge in [-0.1, -0.05) is 25.1 Å². The lowest BCUT2D eigenvalue weighted by Crippen LogP contribution is -2.28. The molecule has 0 aromatic heterocycles. The maximum atomic E-state index is 11.4. The van der Waals surface area contributed by atoms with Gasteiger partial charge in [-0.2, -0.15) is 0 Å². The van der Waals surface area contributed by atoms with Gasteiger partial charge < -0.3 is 10.6 Å². The smallest absolute Gasteiger partial charge is 0.224 e. The Balaban J connectivity index is 2.09. The fourth-order valence-electron chi connectivity index (χ4n) is 1.76. The Hall–Kier alpha value is -1.77. The highest BCUT2D eigenvalue weighted by molar-refractivity contribution is 5.81. The Morgan fingerprint density at radius 3 is 3.06 bits per heavy atom. The average Bonchev–Trinajstić information content (AvgIpc) is 2.29. The van der Waals surface area contributed by atoms with Crippen LogP contribution in [0.5, 0.6) is 0 Å². The summed E-state index contributed by atoms with van der Waals surface area (Å²) >= 11 is 0. The quantitative estimate of drug-likeness (QED) is 0.814. The maximum Gasteiger partial charge on any atom is 0.224 e. The first kappa shape index (κ1) is 10.7. The van der Waals surface area contributed by atoms with Crippen LogP contribution in [0.15, 0.2) is 30.0 Å². The summed E-state index contributed by atoms with van der Waals surface area (Å²) in [5.74, 6) is 0.0925. The first-order valence-electron chi connectivity index (χ1n) is 5.63. The van der Waals surface area contributed by atoms with Crippen molar-refractivity contribution in [2.24, 2.45) is 0 Å². The van der Waals surface area contributed by atoms with Crippen LogP contribution in [0, 0.1) is 0 Å². The summed E-state index contributed by atoms with van der Waals surface area (Å²) in [7, 11) is 0. The van der Waals surface area contributed by atoms with Gasteiger partial charge in [-0.3, -0.25) is 4.79 Å². The van der Waals surface area contributed by atoms with Gasteiger partial charge >= 0.3 is 0 Å². The van der Waals surface area contributed by atoms with Crippen molar-refractivity contribution in [1.29, 1.82) is 0 Å². The molecule has 0 saturated heterocycles. The van der Waals surface area contributed by atoms with Crippen molar-refractivity contribution < 1.29 is 4.79 Å². The number of benzene rings is 1. The van der Waals surface area contributed by atoms with Gasteiger partial charge in [-0.25, -0.2) is 0 Å². The van der Waals surface area contributed by atoms with Crippen LogP contribution >= 0.6 is 0 Å². The lowest BCUT2D eigenvalue weighted by Gasteiger charge is -2.19. The molecule has 0 radical (unpaired) electrons. The zero-order valence-electron chi connectivity index (χ0n) is 9.42. The molecule has 0 bridgehead atoms. The van der Waals surface area contributed by atoms with Crippen LogP contribution in [0.3, 0.4) is 0 Å². The van der Waals surface area contributed by atoms with E-state index in [0.717, 1.165) is 23.4 Å². The fourth-order valence-corrected chi connectivity index (χ4v) is 1.76. The molecular formula is C13H16N2O. The zero-order chi connectivity index (χ0) is 11.4. The highest BCUT2D eigenvalue weighted by atomic mass is 16.1. The van der Waals surface area contributed by atoms with Crippen LogP contribution in [0.2, 0.25) is 0 Å². The molecule has 0 unspecified atom stereocenters. The molecule has 0 atom stereocenters. The molecule has 3 nitrogen and oxygen atoms in total. The average molecular weight is 216 g/mol. The van der Waals surface area contributed by atoms with Crippen LogP contribution < -0.4 is 10.6 Å². The summed E-state index contributed by atoms with van der Waals surface area (Å²) in [6.07, 6.45) is 3.49. The number of carbonyl (C=O) groups excluding carboxylic acids is 1. The number of rotatable bonds is 3. The van der Waals surface area contributed by atoms with Crippen molar-refractivity contribution in [3.05, 3.63) is 35.5 Å². The zero-order valence-corrected chi connectivity index (χ0v) is 9.42. The molecule has 2 N–H and O–H groups in total. The Bertz CT molecular complexity index is 424. The molecule has 0 spiro atoms. The third-order valence-electron chi connectivity index (χ3n) is 2.54. The Labute approximate surface area is 95.6 Å². The Morgan fingerprint density at radius 1 is 1.44 bits per heavy atom. The fraction of sp³-hybridized carbons (Fsp3) is 0.308. The minimum atomic E-state index is 0.0925. The summed E-state index contributed by atoms with van der Waals surface area (Å²) in [4.78, 5) is 11.4. The van der Waals surface area contributed by atoms with Gasteiger partial charge in [0.25, 0.3) is 0 Å². The van der Waals surface area contributed by atoms with E-state index < -0.39 is 0 Å². The van der Waals surface area contributed by atoms with Crippen LogP contribution in [-0.4, -0.2) is 12.5 Å². The predicted molar refractivity (Wildman–Crippen MR) is 66.0 cm³/mol. The summed E-state index contributed by atoms with van der Waals surface area (Å²) in [5, 5.41) is 6.20. The van der Waals surface area contributed by atoms with Gasteiger partial charge in [0.2, 0.25) is 5.91 Å². The molecule has 84 valence electrons. The maximum absolute atomic E-state index is 11.4. The molecule has 2 rings (SSSR count). The molecule has 0 fully saturated rings. The van der Waals surface area contributed by atoms with E-state index >= 15 is 0 Å². The van der Waals surface area contributed by atoms with Crippen LogP contribution in [0.1, 0.15) is 25.3 Å². The lowest BCUT2D eigenvalue weighted by molar-refractivity contribution is -0.120. The summed E-state index contributed by atoms with van der Waals surface area (Å²) in [6.45, 7) is 2.69. The summed E-state index contributed by atoms with van der Waals surface area (Å²) in [6, 6.07) is 8.07. The molecule has 1 aliphatic heterocycles. The first-order valence-corrected chi connectivity index (χ1v) is 5.63. The molecule has 1 aliphatic rings. The second kappa shape index (κ2) is 4.84. The number of anilines is 1. The third-order valence-corrected chi connectivity index (χ3v) is 2.54. The molecule has 16 heavy (non-hydrogen) atoms. The monoisotopic (exact) mass is 216 g/mol. The molecule has 0 saturated carbocycles. The third kappa shape index (κ3) is 2.42. The number of fused-ring (bicyclic) bond motifs is 1. The van der Waals surface area contributed by atoms with Gasteiger partial charge in [0, 0.05) is 17.8 Å². The van der Waals surface area contributed by atoms with Crippen molar-refractivity contribution in [2.75, 3.05) is 11.9 Å². The number of amides is 1. The van der Waals surface area contributed by atoms with Crippen molar-refractivity contribution in [2.45, 2.75) is 19.8 Å². The van der Waals surface area contributed by atoms with Crippen molar-refractivity contribution in [3.63, 3.8) is 0 Å². The minimum Gasteiger partial charge on any atom is -0.379 e. The number of nitrogens with one attached hydrogen (secondary N) is 2. The number of carbonyl (C=O) groups is 1. The largest absolute Gasteiger partial charge is 0.379 e. The van der Waals surface area contributed by atoms with E-state index in [2.05, 4.69) is 10.6 Å². The lowest BCUT2D eigenvalue weighted by atomic mass is 10.1. The van der Waals surface area contributed by atoms with Crippen molar-refractivity contribution in [1.82, 2.24) is 5.32 Å². The molecule has 3 heteroatoms. The second-order valence-corrected chi connectivity index (χ2v) is 3.91. The van der Waals surface area contributed by atoms with E-state index in [4.69, 9.17) is 0 Å². The van der Waals surface area contributed by atoms with E-state index in [0.29, 0.717) is 13.0 Å². The van der Waals surface area contributed by atoms with Crippen molar-refractivity contribution >= 4 is 17.7 Å². The highest BCUT2D eigenvalue weighted by Crippen LogP contribution is 2.21. The van der Waals surface area contributed by atoms with Crippen LogP contribution in [-0.2, 0) is 4.79 Å². The van der Waals surface area contributed by atoms with Crippen molar-refractivity contribution in [3.8, 4) is 0 Å². The van der Waals surface area contributed by atoms with Gasteiger partial charge in [0.15, 0.2) is 0 Å². The molecule has 1 heterocycles. The minimum absolute atomic E-state index is 0.0925. The van der Waals surface area contributed by atoms with Gasteiger partial charge in [0.1, 0.15) is 0 Å². The molecule has 1 aromatic carbocycles. The van der Waals surface area contributed by atoms with Gasteiger partial charge in [0.05, 0.1) is 6.54 Å². The first-order chi connectivity index (χ1) is 7.79. The summed E-state index contributed by atoms with van der Waals surface area (Å²) < 4.78 is 0.